The van der Waals surface area contributed by atoms with Crippen molar-refractivity contribution in [2.75, 3.05) is 38.3 Å². The van der Waals surface area contributed by atoms with Crippen LogP contribution in [0.2, 0.25) is 5.28 Å². The lowest BCUT2D eigenvalue weighted by atomic mass is 10.2. The van der Waals surface area contributed by atoms with Crippen molar-refractivity contribution in [2.45, 2.75) is 13.0 Å². The van der Waals surface area contributed by atoms with Gasteiger partial charge in [0.15, 0.2) is 0 Å². The number of anilines is 1. The van der Waals surface area contributed by atoms with E-state index in [9.17, 15) is 4.79 Å². The van der Waals surface area contributed by atoms with Gasteiger partial charge in [0, 0.05) is 13.6 Å². The molecule has 1 aliphatic rings. The van der Waals surface area contributed by atoms with Gasteiger partial charge in [-0.15, -0.1) is 0 Å². The van der Waals surface area contributed by atoms with Gasteiger partial charge >= 0.3 is 6.01 Å². The lowest BCUT2D eigenvalue weighted by Gasteiger charge is -2.34. The Morgan fingerprint density at radius 1 is 1.55 bits per heavy atom. The van der Waals surface area contributed by atoms with E-state index >= 15 is 0 Å². The molecule has 1 aliphatic heterocycles. The van der Waals surface area contributed by atoms with Gasteiger partial charge in [0.2, 0.25) is 17.1 Å². The van der Waals surface area contributed by atoms with Crippen molar-refractivity contribution in [3.05, 3.63) is 5.28 Å². The molecule has 110 valence electrons. The number of carbonyl (C=O) groups excluding carboxylic acids is 1. The Balaban J connectivity index is 2.29. The zero-order valence-corrected chi connectivity index (χ0v) is 12.1. The van der Waals surface area contributed by atoms with Crippen LogP contribution in [0.4, 0.5) is 5.95 Å². The molecule has 1 fully saturated rings. The van der Waals surface area contributed by atoms with E-state index in [0.29, 0.717) is 25.7 Å². The van der Waals surface area contributed by atoms with Crippen LogP contribution in [0.25, 0.3) is 0 Å². The molecule has 9 heteroatoms. The summed E-state index contributed by atoms with van der Waals surface area (Å²) in [4.78, 5) is 25.7. The Morgan fingerprint density at radius 2 is 2.35 bits per heavy atom. The van der Waals surface area contributed by atoms with Crippen LogP contribution in [0.15, 0.2) is 0 Å². The van der Waals surface area contributed by atoms with Crippen LogP contribution in [-0.4, -0.2) is 60.3 Å². The van der Waals surface area contributed by atoms with Crippen molar-refractivity contribution >= 4 is 23.5 Å². The maximum Gasteiger partial charge on any atom is 0.322 e. The molecule has 0 bridgehead atoms. The highest BCUT2D eigenvalue weighted by atomic mass is 35.5. The van der Waals surface area contributed by atoms with E-state index in [1.807, 2.05) is 6.92 Å². The van der Waals surface area contributed by atoms with E-state index in [0.717, 1.165) is 0 Å². The Morgan fingerprint density at radius 3 is 3.05 bits per heavy atom. The van der Waals surface area contributed by atoms with E-state index in [1.54, 1.807) is 11.9 Å². The smallest absolute Gasteiger partial charge is 0.322 e. The zero-order chi connectivity index (χ0) is 14.5. The van der Waals surface area contributed by atoms with Gasteiger partial charge in [0.25, 0.3) is 0 Å². The van der Waals surface area contributed by atoms with E-state index in [4.69, 9.17) is 21.1 Å². The van der Waals surface area contributed by atoms with Crippen LogP contribution in [0.5, 0.6) is 6.01 Å². The minimum Gasteiger partial charge on any atom is -0.464 e. The van der Waals surface area contributed by atoms with Gasteiger partial charge in [-0.1, -0.05) is 0 Å². The van der Waals surface area contributed by atoms with Crippen LogP contribution in [0.3, 0.4) is 0 Å². The number of nitrogens with one attached hydrogen (secondary N) is 1. The third-order valence-electron chi connectivity index (χ3n) is 2.78. The fraction of sp³-hybridized carbons (Fsp3) is 0.636. The number of rotatable bonds is 4. The molecule has 1 atom stereocenters. The van der Waals surface area contributed by atoms with Crippen molar-refractivity contribution < 1.29 is 14.3 Å². The molecule has 0 spiro atoms. The molecule has 1 aromatic rings. The summed E-state index contributed by atoms with van der Waals surface area (Å²) >= 11 is 5.87. The molecule has 0 saturated carbocycles. The van der Waals surface area contributed by atoms with Gasteiger partial charge in [-0.3, -0.25) is 4.79 Å². The van der Waals surface area contributed by atoms with Crippen LogP contribution >= 0.6 is 11.6 Å². The third-order valence-corrected chi connectivity index (χ3v) is 2.95. The average Bonchev–Trinajstić information content (AvgIpc) is 2.46. The monoisotopic (exact) mass is 301 g/mol. The van der Waals surface area contributed by atoms with E-state index in [1.165, 1.54) is 0 Å². The summed E-state index contributed by atoms with van der Waals surface area (Å²) in [5, 5.41) is 2.62. The van der Waals surface area contributed by atoms with Crippen molar-refractivity contribution in [1.29, 1.82) is 0 Å². The molecular formula is C11H16ClN5O3. The molecule has 0 aromatic carbocycles. The minimum atomic E-state index is -0.498. The van der Waals surface area contributed by atoms with E-state index < -0.39 is 6.04 Å². The second-order valence-electron chi connectivity index (χ2n) is 4.02. The molecule has 2 heterocycles. The van der Waals surface area contributed by atoms with Gasteiger partial charge in [-0.05, 0) is 18.5 Å². The topological polar surface area (TPSA) is 89.5 Å². The molecule has 2 rings (SSSR count). The molecule has 0 aliphatic carbocycles. The fourth-order valence-corrected chi connectivity index (χ4v) is 2.02. The summed E-state index contributed by atoms with van der Waals surface area (Å²) in [5.74, 6) is 0.143. The highest BCUT2D eigenvalue weighted by Gasteiger charge is 2.31. The molecule has 8 nitrogen and oxygen atoms in total. The van der Waals surface area contributed by atoms with Gasteiger partial charge < -0.3 is 19.7 Å². The lowest BCUT2D eigenvalue weighted by Crippen LogP contribution is -2.54. The summed E-state index contributed by atoms with van der Waals surface area (Å²) in [6.07, 6.45) is 0. The van der Waals surface area contributed by atoms with Gasteiger partial charge in [0.05, 0.1) is 19.8 Å². The SMILES string of the molecule is CCOc1nc(Cl)nc(N2CCOCC2C(=O)NC)n1. The van der Waals surface area contributed by atoms with Gasteiger partial charge in [0.1, 0.15) is 6.04 Å². The predicted octanol–water partition coefficient (Wildman–Crippen LogP) is -0.125. The summed E-state index contributed by atoms with van der Waals surface area (Å²) in [6.45, 7) is 3.49. The van der Waals surface area contributed by atoms with Crippen LogP contribution in [0, 0.1) is 0 Å². The summed E-state index contributed by atoms with van der Waals surface area (Å²) in [6, 6.07) is -0.355. The second-order valence-corrected chi connectivity index (χ2v) is 4.36. The first-order valence-corrected chi connectivity index (χ1v) is 6.63. The summed E-state index contributed by atoms with van der Waals surface area (Å²) in [7, 11) is 1.57. The number of hydrogen-bond donors (Lipinski definition) is 1. The first-order chi connectivity index (χ1) is 9.65. The Bertz CT molecular complexity index is 487. The number of ether oxygens (including phenoxy) is 2. The molecule has 1 amide bonds. The van der Waals surface area contributed by atoms with E-state index in [-0.39, 0.29) is 23.8 Å². The van der Waals surface area contributed by atoms with Crippen molar-refractivity contribution in [2.24, 2.45) is 0 Å². The maximum atomic E-state index is 11.9. The van der Waals surface area contributed by atoms with Crippen molar-refractivity contribution in [1.82, 2.24) is 20.3 Å². The molecule has 1 saturated heterocycles. The number of aromatic nitrogens is 3. The normalized spacial score (nSPS) is 18.8. The van der Waals surface area contributed by atoms with Crippen LogP contribution in [0.1, 0.15) is 6.92 Å². The Kier molecular flexibility index (Phi) is 4.91. The lowest BCUT2D eigenvalue weighted by molar-refractivity contribution is -0.124. The number of hydrogen-bond acceptors (Lipinski definition) is 7. The minimum absolute atomic E-state index is 0.0283. The zero-order valence-electron chi connectivity index (χ0n) is 11.3. The number of carbonyl (C=O) groups is 1. The Hall–Kier alpha value is -1.67. The van der Waals surface area contributed by atoms with Crippen LogP contribution in [-0.2, 0) is 9.53 Å². The molecule has 20 heavy (non-hydrogen) atoms. The molecule has 1 unspecified atom stereocenters. The highest BCUT2D eigenvalue weighted by Crippen LogP contribution is 2.19. The number of halogens is 1. The summed E-state index contributed by atoms with van der Waals surface area (Å²) < 4.78 is 10.6. The number of likely N-dealkylation sites (N-methyl/N-ethyl adjacent to an activating group) is 1. The summed E-state index contributed by atoms with van der Waals surface area (Å²) in [5.41, 5.74) is 0. The van der Waals surface area contributed by atoms with Crippen molar-refractivity contribution in [3.63, 3.8) is 0 Å². The van der Waals surface area contributed by atoms with E-state index in [2.05, 4.69) is 20.3 Å². The van der Waals surface area contributed by atoms with Crippen molar-refractivity contribution in [3.8, 4) is 6.01 Å². The molecular weight excluding hydrogens is 286 g/mol. The first-order valence-electron chi connectivity index (χ1n) is 6.26. The average molecular weight is 302 g/mol. The standard InChI is InChI=1S/C11H16ClN5O3/c1-3-20-11-15-9(12)14-10(16-11)17-4-5-19-6-7(17)8(18)13-2/h7H,3-6H2,1-2H3,(H,13,18). The molecule has 0 radical (unpaired) electrons. The third kappa shape index (κ3) is 3.26. The maximum absolute atomic E-state index is 11.9. The van der Waals surface area contributed by atoms with Gasteiger partial charge in [-0.2, -0.15) is 15.0 Å². The fourth-order valence-electron chi connectivity index (χ4n) is 1.87. The highest BCUT2D eigenvalue weighted by molar-refractivity contribution is 6.28. The predicted molar refractivity (Wildman–Crippen MR) is 72.0 cm³/mol. The largest absolute Gasteiger partial charge is 0.464 e. The quantitative estimate of drug-likeness (QED) is 0.829. The number of nitrogens with zero attached hydrogens (tertiary/aromatic N) is 4. The van der Waals surface area contributed by atoms with Gasteiger partial charge in [-0.25, -0.2) is 0 Å². The number of amides is 1. The Labute approximate surface area is 121 Å². The second kappa shape index (κ2) is 6.67. The first kappa shape index (κ1) is 14.7. The number of morpholine rings is 1. The molecule has 1 aromatic heterocycles. The molecule has 1 N–H and O–H groups in total. The van der Waals surface area contributed by atoms with Crippen LogP contribution < -0.4 is 15.0 Å².